The number of nitrogens with zero attached hydrogens (tertiary/aromatic N) is 3. The van der Waals surface area contributed by atoms with Gasteiger partial charge in [-0.1, -0.05) is 42.5 Å². The first-order valence-corrected chi connectivity index (χ1v) is 10.2. The molecule has 7 heteroatoms. The predicted octanol–water partition coefficient (Wildman–Crippen LogP) is 4.22. The number of H-pyrrole nitrogens is 1. The molecule has 1 amide bonds. The molecule has 2 heterocycles. The van der Waals surface area contributed by atoms with Crippen LogP contribution in [0.5, 0.6) is 0 Å². The van der Waals surface area contributed by atoms with Gasteiger partial charge in [-0.15, -0.1) is 11.3 Å². The number of nitrogens with one attached hydrogen (secondary N) is 2. The van der Waals surface area contributed by atoms with E-state index >= 15 is 0 Å². The molecule has 146 valence electrons. The zero-order chi connectivity index (χ0) is 20.1. The van der Waals surface area contributed by atoms with Gasteiger partial charge in [-0.25, -0.2) is 4.98 Å². The lowest BCUT2D eigenvalue weighted by Gasteiger charge is -2.27. The number of hydrogen-bond acceptors (Lipinski definition) is 5. The molecule has 29 heavy (non-hydrogen) atoms. The summed E-state index contributed by atoms with van der Waals surface area (Å²) >= 11 is 1.51. The Bertz CT molecular complexity index is 1050. The number of likely N-dealkylation sites (N-methyl/N-ethyl adjacent to an activating group) is 1. The van der Waals surface area contributed by atoms with Crippen molar-refractivity contribution in [3.8, 4) is 11.1 Å². The SMILES string of the molecule is CN(c1cscn1)[C@@H](Cc1ccccc1)C(=O)Nc1cccc(-c2cn[nH]c2)c1. The molecule has 4 aromatic rings. The van der Waals surface area contributed by atoms with Crippen LogP contribution in [0.15, 0.2) is 77.9 Å². The monoisotopic (exact) mass is 403 g/mol. The molecule has 0 bridgehead atoms. The molecular weight excluding hydrogens is 382 g/mol. The van der Waals surface area contributed by atoms with E-state index in [2.05, 4.69) is 20.5 Å². The fraction of sp³-hybridized carbons (Fsp3) is 0.136. The van der Waals surface area contributed by atoms with Crippen molar-refractivity contribution in [2.45, 2.75) is 12.5 Å². The highest BCUT2D eigenvalue weighted by Gasteiger charge is 2.25. The molecule has 4 rings (SSSR count). The topological polar surface area (TPSA) is 73.9 Å². The van der Waals surface area contributed by atoms with Gasteiger partial charge in [0.25, 0.3) is 0 Å². The summed E-state index contributed by atoms with van der Waals surface area (Å²) in [4.78, 5) is 19.6. The Hall–Kier alpha value is -3.45. The molecule has 0 aliphatic rings. The van der Waals surface area contributed by atoms with E-state index in [4.69, 9.17) is 0 Å². The van der Waals surface area contributed by atoms with Crippen LogP contribution < -0.4 is 10.2 Å². The summed E-state index contributed by atoms with van der Waals surface area (Å²) in [5.41, 5.74) is 5.59. The van der Waals surface area contributed by atoms with E-state index in [0.29, 0.717) is 6.42 Å². The largest absolute Gasteiger partial charge is 0.347 e. The van der Waals surface area contributed by atoms with Crippen LogP contribution in [0.2, 0.25) is 0 Å². The van der Waals surface area contributed by atoms with Crippen molar-refractivity contribution in [2.24, 2.45) is 0 Å². The van der Waals surface area contributed by atoms with Gasteiger partial charge in [-0.3, -0.25) is 9.89 Å². The number of amides is 1. The molecule has 0 aliphatic carbocycles. The van der Waals surface area contributed by atoms with Gasteiger partial charge in [0.1, 0.15) is 11.9 Å². The van der Waals surface area contributed by atoms with Crippen LogP contribution in [0.25, 0.3) is 11.1 Å². The lowest BCUT2D eigenvalue weighted by molar-refractivity contribution is -0.117. The number of carbonyl (C=O) groups excluding carboxylic acids is 1. The van der Waals surface area contributed by atoms with Crippen LogP contribution >= 0.6 is 11.3 Å². The lowest BCUT2D eigenvalue weighted by atomic mass is 10.0. The third-order valence-corrected chi connectivity index (χ3v) is 5.36. The van der Waals surface area contributed by atoms with Crippen LogP contribution in [0.1, 0.15) is 5.56 Å². The summed E-state index contributed by atoms with van der Waals surface area (Å²) < 4.78 is 0. The van der Waals surface area contributed by atoms with Gasteiger partial charge in [0.15, 0.2) is 0 Å². The summed E-state index contributed by atoms with van der Waals surface area (Å²) in [6.45, 7) is 0. The third-order valence-electron chi connectivity index (χ3n) is 4.78. The molecule has 0 saturated carbocycles. The molecule has 2 aromatic carbocycles. The van der Waals surface area contributed by atoms with Crippen LogP contribution in [-0.4, -0.2) is 34.2 Å². The Labute approximate surface area is 173 Å². The maximum absolute atomic E-state index is 13.3. The molecule has 0 fully saturated rings. The Morgan fingerprint density at radius 2 is 2.03 bits per heavy atom. The standard InChI is InChI=1S/C22H21N5OS/c1-27(21-14-29-15-23-21)20(10-16-6-3-2-4-7-16)22(28)26-19-9-5-8-17(11-19)18-12-24-25-13-18/h2-9,11-15,20H,10H2,1H3,(H,24,25)(H,26,28)/t20-/m0/s1. The van der Waals surface area contributed by atoms with Gasteiger partial charge < -0.3 is 10.2 Å². The van der Waals surface area contributed by atoms with Gasteiger partial charge in [0.05, 0.1) is 11.7 Å². The lowest BCUT2D eigenvalue weighted by Crippen LogP contribution is -2.43. The number of aromatic nitrogens is 3. The minimum absolute atomic E-state index is 0.0753. The van der Waals surface area contributed by atoms with Gasteiger partial charge in [-0.05, 0) is 23.3 Å². The predicted molar refractivity (Wildman–Crippen MR) is 117 cm³/mol. The smallest absolute Gasteiger partial charge is 0.247 e. The highest BCUT2D eigenvalue weighted by Crippen LogP contribution is 2.23. The number of anilines is 2. The van der Waals surface area contributed by atoms with Crippen molar-refractivity contribution in [2.75, 3.05) is 17.3 Å². The summed E-state index contributed by atoms with van der Waals surface area (Å²) in [6.07, 6.45) is 4.17. The average Bonchev–Trinajstić information content (AvgIpc) is 3.47. The quantitative estimate of drug-likeness (QED) is 0.485. The van der Waals surface area contributed by atoms with Crippen LogP contribution in [0, 0.1) is 0 Å². The van der Waals surface area contributed by atoms with E-state index in [0.717, 1.165) is 28.2 Å². The second-order valence-electron chi connectivity index (χ2n) is 6.72. The molecule has 0 saturated heterocycles. The molecule has 2 aromatic heterocycles. The zero-order valence-electron chi connectivity index (χ0n) is 15.9. The number of thiazole rings is 1. The minimum atomic E-state index is -0.392. The first kappa shape index (κ1) is 18.9. The van der Waals surface area contributed by atoms with Crippen LogP contribution in [-0.2, 0) is 11.2 Å². The highest BCUT2D eigenvalue weighted by molar-refractivity contribution is 7.07. The van der Waals surface area contributed by atoms with Crippen LogP contribution in [0.4, 0.5) is 11.5 Å². The maximum Gasteiger partial charge on any atom is 0.247 e. The number of benzene rings is 2. The van der Waals surface area contributed by atoms with Gasteiger partial charge in [0.2, 0.25) is 5.91 Å². The second-order valence-corrected chi connectivity index (χ2v) is 7.44. The van der Waals surface area contributed by atoms with Crippen molar-refractivity contribution >= 4 is 28.7 Å². The number of rotatable bonds is 7. The van der Waals surface area contributed by atoms with Crippen molar-refractivity contribution in [1.82, 2.24) is 15.2 Å². The van der Waals surface area contributed by atoms with Gasteiger partial charge in [-0.2, -0.15) is 5.10 Å². The molecule has 0 aliphatic heterocycles. The van der Waals surface area contributed by atoms with Gasteiger partial charge in [0, 0.05) is 36.3 Å². The summed E-state index contributed by atoms with van der Waals surface area (Å²) in [7, 11) is 1.91. The van der Waals surface area contributed by atoms with E-state index in [1.807, 2.05) is 78.1 Å². The van der Waals surface area contributed by atoms with E-state index in [1.54, 1.807) is 11.7 Å². The Morgan fingerprint density at radius 3 is 2.76 bits per heavy atom. The summed E-state index contributed by atoms with van der Waals surface area (Å²) in [5.74, 6) is 0.715. The fourth-order valence-electron chi connectivity index (χ4n) is 3.19. The van der Waals surface area contributed by atoms with Crippen molar-refractivity contribution in [1.29, 1.82) is 0 Å². The van der Waals surface area contributed by atoms with E-state index in [9.17, 15) is 4.79 Å². The van der Waals surface area contributed by atoms with Crippen LogP contribution in [0.3, 0.4) is 0 Å². The van der Waals surface area contributed by atoms with Crippen molar-refractivity contribution in [3.63, 3.8) is 0 Å². The third kappa shape index (κ3) is 4.52. The molecule has 0 spiro atoms. The van der Waals surface area contributed by atoms with E-state index < -0.39 is 6.04 Å². The molecule has 0 unspecified atom stereocenters. The normalized spacial score (nSPS) is 11.8. The van der Waals surface area contributed by atoms with Crippen molar-refractivity contribution < 1.29 is 4.79 Å². The number of carbonyl (C=O) groups is 1. The Morgan fingerprint density at radius 1 is 1.17 bits per heavy atom. The van der Waals surface area contributed by atoms with E-state index in [1.165, 1.54) is 11.3 Å². The molecule has 2 N–H and O–H groups in total. The Balaban J connectivity index is 1.57. The summed E-state index contributed by atoms with van der Waals surface area (Å²) in [6, 6.07) is 17.4. The summed E-state index contributed by atoms with van der Waals surface area (Å²) in [5, 5.41) is 11.8. The maximum atomic E-state index is 13.3. The second kappa shape index (κ2) is 8.70. The van der Waals surface area contributed by atoms with E-state index in [-0.39, 0.29) is 5.91 Å². The molecule has 1 atom stereocenters. The molecule has 0 radical (unpaired) electrons. The molecule has 6 nitrogen and oxygen atoms in total. The number of hydrogen-bond donors (Lipinski definition) is 2. The number of aromatic amines is 1. The average molecular weight is 404 g/mol. The fourth-order valence-corrected chi connectivity index (χ4v) is 3.77. The van der Waals surface area contributed by atoms with Gasteiger partial charge >= 0.3 is 0 Å². The molecular formula is C22H21N5OS. The first-order chi connectivity index (χ1) is 14.2. The van der Waals surface area contributed by atoms with Crippen molar-refractivity contribution in [3.05, 3.63) is 83.4 Å². The zero-order valence-corrected chi connectivity index (χ0v) is 16.8. The highest BCUT2D eigenvalue weighted by atomic mass is 32.1. The Kier molecular flexibility index (Phi) is 5.67. The minimum Gasteiger partial charge on any atom is -0.347 e. The first-order valence-electron chi connectivity index (χ1n) is 9.26.